The fraction of sp³-hybridized carbons (Fsp3) is 0.500. The molecule has 0 aliphatic carbocycles. The van der Waals surface area contributed by atoms with E-state index in [1.807, 2.05) is 38.1 Å². The highest BCUT2D eigenvalue weighted by Crippen LogP contribution is 2.10. The van der Waals surface area contributed by atoms with E-state index >= 15 is 0 Å². The molecule has 2 nitrogen and oxygen atoms in total. The van der Waals surface area contributed by atoms with Crippen LogP contribution in [0.15, 0.2) is 29.2 Å². The fourth-order valence-electron chi connectivity index (χ4n) is 1.34. The van der Waals surface area contributed by atoms with Crippen molar-refractivity contribution in [1.82, 2.24) is 0 Å². The van der Waals surface area contributed by atoms with Crippen LogP contribution >= 0.6 is 0 Å². The average Bonchev–Trinajstić information content (AvgIpc) is 2.18. The molecule has 1 aromatic rings. The molecule has 2 atom stereocenters. The van der Waals surface area contributed by atoms with E-state index in [0.717, 1.165) is 17.7 Å². The first kappa shape index (κ1) is 12.4. The van der Waals surface area contributed by atoms with Gasteiger partial charge in [-0.2, -0.15) is 0 Å². The van der Waals surface area contributed by atoms with Crippen LogP contribution in [0.3, 0.4) is 0 Å². The predicted octanol–water partition coefficient (Wildman–Crippen LogP) is 2.23. The normalized spacial score (nSPS) is 14.9. The Morgan fingerprint density at radius 2 is 1.93 bits per heavy atom. The average molecular weight is 225 g/mol. The van der Waals surface area contributed by atoms with Gasteiger partial charge >= 0.3 is 0 Å². The Kier molecular flexibility index (Phi) is 4.99. The maximum absolute atomic E-state index is 11.8. The van der Waals surface area contributed by atoms with Crippen molar-refractivity contribution in [3.63, 3.8) is 0 Å². The highest BCUT2D eigenvalue weighted by atomic mass is 32.2. The van der Waals surface area contributed by atoms with Gasteiger partial charge in [-0.15, -0.1) is 0 Å². The van der Waals surface area contributed by atoms with Crippen LogP contribution in [0.2, 0.25) is 0 Å². The van der Waals surface area contributed by atoms with Gasteiger partial charge in [0.15, 0.2) is 0 Å². The Labute approximate surface area is 94.3 Å². The first-order chi connectivity index (χ1) is 7.09. The van der Waals surface area contributed by atoms with Gasteiger partial charge < -0.3 is 5.73 Å². The van der Waals surface area contributed by atoms with Crippen LogP contribution in [0.1, 0.15) is 25.3 Å². The summed E-state index contributed by atoms with van der Waals surface area (Å²) in [6.45, 7) is 4.01. The minimum atomic E-state index is -0.864. The van der Waals surface area contributed by atoms with E-state index in [2.05, 4.69) is 0 Å². The Balaban J connectivity index is 2.43. The molecule has 0 aromatic heterocycles. The Morgan fingerprint density at radius 1 is 1.33 bits per heavy atom. The fourth-order valence-corrected chi connectivity index (χ4v) is 2.45. The Morgan fingerprint density at radius 3 is 2.47 bits per heavy atom. The van der Waals surface area contributed by atoms with Crippen LogP contribution < -0.4 is 5.73 Å². The Bertz CT molecular complexity index is 319. The van der Waals surface area contributed by atoms with Crippen LogP contribution in [-0.4, -0.2) is 16.0 Å². The molecule has 0 heterocycles. The summed E-state index contributed by atoms with van der Waals surface area (Å²) < 4.78 is 11.8. The predicted molar refractivity (Wildman–Crippen MR) is 65.3 cm³/mol. The second kappa shape index (κ2) is 6.03. The lowest BCUT2D eigenvalue weighted by Crippen LogP contribution is -2.15. The first-order valence-corrected chi connectivity index (χ1v) is 6.62. The lowest BCUT2D eigenvalue weighted by atomic mass is 10.2. The third kappa shape index (κ3) is 4.58. The smallest absolute Gasteiger partial charge is 0.0529 e. The molecular formula is C12H19NOS. The molecule has 84 valence electrons. The highest BCUT2D eigenvalue weighted by Gasteiger charge is 2.03. The van der Waals surface area contributed by atoms with E-state index < -0.39 is 10.8 Å². The lowest BCUT2D eigenvalue weighted by Gasteiger charge is -2.05. The molecule has 15 heavy (non-hydrogen) atoms. The number of aryl methyl sites for hydroxylation is 1. The molecule has 1 rings (SSSR count). The van der Waals surface area contributed by atoms with Crippen molar-refractivity contribution in [1.29, 1.82) is 0 Å². The van der Waals surface area contributed by atoms with Gasteiger partial charge in [0.1, 0.15) is 0 Å². The number of hydrogen-bond donors (Lipinski definition) is 1. The molecule has 1 aromatic carbocycles. The molecule has 2 unspecified atom stereocenters. The number of nitrogens with two attached hydrogens (primary N) is 1. The zero-order chi connectivity index (χ0) is 11.3. The number of rotatable bonds is 5. The van der Waals surface area contributed by atoms with Crippen LogP contribution in [0, 0.1) is 6.92 Å². The zero-order valence-electron chi connectivity index (χ0n) is 9.40. The van der Waals surface area contributed by atoms with Crippen molar-refractivity contribution in [2.75, 3.05) is 5.75 Å². The van der Waals surface area contributed by atoms with Gasteiger partial charge in [-0.3, -0.25) is 4.21 Å². The van der Waals surface area contributed by atoms with E-state index in [4.69, 9.17) is 5.73 Å². The van der Waals surface area contributed by atoms with E-state index in [0.29, 0.717) is 5.75 Å². The second-order valence-corrected chi connectivity index (χ2v) is 5.55. The van der Waals surface area contributed by atoms with Crippen molar-refractivity contribution in [3.05, 3.63) is 29.8 Å². The molecule has 3 heteroatoms. The number of hydrogen-bond acceptors (Lipinski definition) is 2. The van der Waals surface area contributed by atoms with Crippen LogP contribution in [0.4, 0.5) is 0 Å². The molecule has 0 amide bonds. The maximum atomic E-state index is 11.8. The van der Waals surface area contributed by atoms with Gasteiger partial charge in [-0.25, -0.2) is 0 Å². The van der Waals surface area contributed by atoms with E-state index in [1.165, 1.54) is 5.56 Å². The second-order valence-electron chi connectivity index (χ2n) is 3.98. The lowest BCUT2D eigenvalue weighted by molar-refractivity contribution is 0.644. The van der Waals surface area contributed by atoms with Gasteiger partial charge in [0.05, 0.1) is 10.8 Å². The first-order valence-electron chi connectivity index (χ1n) is 5.30. The van der Waals surface area contributed by atoms with Crippen molar-refractivity contribution in [2.24, 2.45) is 5.73 Å². The van der Waals surface area contributed by atoms with E-state index in [-0.39, 0.29) is 6.04 Å². The summed E-state index contributed by atoms with van der Waals surface area (Å²) in [6.07, 6.45) is 1.87. The largest absolute Gasteiger partial charge is 0.328 e. The monoisotopic (exact) mass is 225 g/mol. The highest BCUT2D eigenvalue weighted by molar-refractivity contribution is 7.85. The molecule has 0 aliphatic heterocycles. The van der Waals surface area contributed by atoms with Gasteiger partial charge in [0.25, 0.3) is 0 Å². The summed E-state index contributed by atoms with van der Waals surface area (Å²) >= 11 is 0. The van der Waals surface area contributed by atoms with E-state index in [9.17, 15) is 4.21 Å². The zero-order valence-corrected chi connectivity index (χ0v) is 10.2. The summed E-state index contributed by atoms with van der Waals surface area (Å²) in [7, 11) is -0.864. The van der Waals surface area contributed by atoms with Gasteiger partial charge in [0, 0.05) is 16.7 Å². The minimum Gasteiger partial charge on any atom is -0.328 e. The quantitative estimate of drug-likeness (QED) is 0.835. The molecule has 0 fully saturated rings. The maximum Gasteiger partial charge on any atom is 0.0529 e. The molecular weight excluding hydrogens is 206 g/mol. The molecule has 0 spiro atoms. The topological polar surface area (TPSA) is 43.1 Å². The van der Waals surface area contributed by atoms with Gasteiger partial charge in [-0.05, 0) is 38.8 Å². The van der Waals surface area contributed by atoms with Gasteiger partial charge in [0.2, 0.25) is 0 Å². The SMILES string of the molecule is Cc1ccc(S(=O)CCCC(C)N)cc1. The molecule has 2 N–H and O–H groups in total. The summed E-state index contributed by atoms with van der Waals surface area (Å²) in [5.74, 6) is 0.713. The van der Waals surface area contributed by atoms with Crippen LogP contribution in [-0.2, 0) is 10.8 Å². The minimum absolute atomic E-state index is 0.208. The van der Waals surface area contributed by atoms with Crippen molar-refractivity contribution in [2.45, 2.75) is 37.6 Å². The molecule has 0 radical (unpaired) electrons. The van der Waals surface area contributed by atoms with Crippen LogP contribution in [0.5, 0.6) is 0 Å². The summed E-state index contributed by atoms with van der Waals surface area (Å²) in [5.41, 5.74) is 6.84. The van der Waals surface area contributed by atoms with Gasteiger partial charge in [-0.1, -0.05) is 17.7 Å². The third-order valence-electron chi connectivity index (χ3n) is 2.27. The summed E-state index contributed by atoms with van der Waals surface area (Å²) in [5, 5.41) is 0. The van der Waals surface area contributed by atoms with Crippen LogP contribution in [0.25, 0.3) is 0 Å². The molecule has 0 aliphatic rings. The van der Waals surface area contributed by atoms with E-state index in [1.54, 1.807) is 0 Å². The summed E-state index contributed by atoms with van der Waals surface area (Å²) in [6, 6.07) is 8.09. The molecule has 0 bridgehead atoms. The van der Waals surface area contributed by atoms with Crippen molar-refractivity contribution < 1.29 is 4.21 Å². The Hall–Kier alpha value is -0.670. The standard InChI is InChI=1S/C12H19NOS/c1-10-5-7-12(8-6-10)15(14)9-3-4-11(2)13/h5-8,11H,3-4,9,13H2,1-2H3. The third-order valence-corrected chi connectivity index (χ3v) is 3.73. The molecule has 0 saturated heterocycles. The van der Waals surface area contributed by atoms with Crippen molar-refractivity contribution >= 4 is 10.8 Å². The molecule has 0 saturated carbocycles. The summed E-state index contributed by atoms with van der Waals surface area (Å²) in [4.78, 5) is 0.922. The number of benzene rings is 1. The van der Waals surface area contributed by atoms with Crippen molar-refractivity contribution in [3.8, 4) is 0 Å².